The van der Waals surface area contributed by atoms with Crippen LogP contribution < -0.4 is 10.1 Å². The SMILES string of the molecule is COc1ccc(C=C2SC(=S)N(CCCCCC(=O)Nc3cc(Cl)ccc3O)C2=O)cc1. The molecule has 1 heterocycles. The highest BCUT2D eigenvalue weighted by Crippen LogP contribution is 2.33. The van der Waals surface area contributed by atoms with Crippen molar-refractivity contribution in [1.82, 2.24) is 4.90 Å². The zero-order chi connectivity index (χ0) is 23.1. The number of carbonyl (C=O) groups excluding carboxylic acids is 2. The number of anilines is 1. The molecule has 3 rings (SSSR count). The summed E-state index contributed by atoms with van der Waals surface area (Å²) >= 11 is 12.6. The fourth-order valence-electron chi connectivity index (χ4n) is 3.10. The Balaban J connectivity index is 1.43. The average Bonchev–Trinajstić information content (AvgIpc) is 3.03. The molecule has 0 aliphatic carbocycles. The fourth-order valence-corrected chi connectivity index (χ4v) is 4.58. The van der Waals surface area contributed by atoms with Crippen LogP contribution in [0.2, 0.25) is 5.02 Å². The minimum atomic E-state index is -0.199. The summed E-state index contributed by atoms with van der Waals surface area (Å²) in [4.78, 5) is 27.0. The molecule has 0 bridgehead atoms. The van der Waals surface area contributed by atoms with Crippen molar-refractivity contribution in [2.75, 3.05) is 19.0 Å². The van der Waals surface area contributed by atoms with E-state index in [4.69, 9.17) is 28.6 Å². The van der Waals surface area contributed by atoms with Crippen LogP contribution in [0.5, 0.6) is 11.5 Å². The molecule has 0 spiro atoms. The van der Waals surface area contributed by atoms with Crippen molar-refractivity contribution in [3.05, 3.63) is 58.0 Å². The molecular formula is C23H23ClN2O4S2. The number of amides is 2. The number of carbonyl (C=O) groups is 2. The van der Waals surface area contributed by atoms with Gasteiger partial charge in [-0.3, -0.25) is 14.5 Å². The number of halogens is 1. The van der Waals surface area contributed by atoms with E-state index in [-0.39, 0.29) is 17.6 Å². The molecule has 2 aromatic rings. The van der Waals surface area contributed by atoms with Gasteiger partial charge >= 0.3 is 0 Å². The van der Waals surface area contributed by atoms with Crippen LogP contribution in [0.15, 0.2) is 47.4 Å². The topological polar surface area (TPSA) is 78.9 Å². The first-order valence-corrected chi connectivity index (χ1v) is 11.7. The van der Waals surface area contributed by atoms with Gasteiger partial charge in [0.15, 0.2) is 0 Å². The van der Waals surface area contributed by atoms with E-state index < -0.39 is 0 Å². The number of unbranched alkanes of at least 4 members (excludes halogenated alkanes) is 2. The Morgan fingerprint density at radius 1 is 1.22 bits per heavy atom. The van der Waals surface area contributed by atoms with Crippen molar-refractivity contribution in [1.29, 1.82) is 0 Å². The summed E-state index contributed by atoms with van der Waals surface area (Å²) in [5.74, 6) is 0.438. The van der Waals surface area contributed by atoms with E-state index in [1.54, 1.807) is 18.1 Å². The number of phenols is 1. The van der Waals surface area contributed by atoms with Gasteiger partial charge in [0, 0.05) is 18.0 Å². The molecule has 0 radical (unpaired) electrons. The van der Waals surface area contributed by atoms with Gasteiger partial charge in [0.2, 0.25) is 5.91 Å². The lowest BCUT2D eigenvalue weighted by Crippen LogP contribution is -2.29. The zero-order valence-corrected chi connectivity index (χ0v) is 19.9. The van der Waals surface area contributed by atoms with Gasteiger partial charge in [-0.05, 0) is 54.8 Å². The number of methoxy groups -OCH3 is 1. The molecule has 2 amide bonds. The van der Waals surface area contributed by atoms with Crippen molar-refractivity contribution in [2.24, 2.45) is 0 Å². The predicted octanol–water partition coefficient (Wildman–Crippen LogP) is 5.45. The van der Waals surface area contributed by atoms with Crippen LogP contribution in [0.1, 0.15) is 31.2 Å². The van der Waals surface area contributed by atoms with Crippen LogP contribution in [0.4, 0.5) is 5.69 Å². The lowest BCUT2D eigenvalue weighted by Gasteiger charge is -2.14. The van der Waals surface area contributed by atoms with E-state index in [2.05, 4.69) is 5.32 Å². The third-order valence-corrected chi connectivity index (χ3v) is 6.42. The first kappa shape index (κ1) is 24.1. The average molecular weight is 491 g/mol. The fraction of sp³-hybridized carbons (Fsp3) is 0.261. The smallest absolute Gasteiger partial charge is 0.266 e. The third kappa shape index (κ3) is 6.48. The number of nitrogens with one attached hydrogen (secondary N) is 1. The number of nitrogens with zero attached hydrogens (tertiary/aromatic N) is 1. The van der Waals surface area contributed by atoms with Crippen molar-refractivity contribution in [3.63, 3.8) is 0 Å². The summed E-state index contributed by atoms with van der Waals surface area (Å²) in [5, 5.41) is 12.9. The maximum Gasteiger partial charge on any atom is 0.266 e. The van der Waals surface area contributed by atoms with Crippen LogP contribution in [0.25, 0.3) is 6.08 Å². The minimum absolute atomic E-state index is 0.0280. The summed E-state index contributed by atoms with van der Waals surface area (Å²) in [7, 11) is 1.61. The number of thioether (sulfide) groups is 1. The Labute approximate surface area is 201 Å². The molecule has 6 nitrogen and oxygen atoms in total. The molecular weight excluding hydrogens is 468 g/mol. The Kier molecular flexibility index (Phi) is 8.55. The molecule has 0 unspecified atom stereocenters. The normalized spacial score (nSPS) is 14.8. The maximum atomic E-state index is 12.7. The highest BCUT2D eigenvalue weighted by atomic mass is 35.5. The maximum absolute atomic E-state index is 12.7. The number of thiocarbonyl (C=S) groups is 1. The highest BCUT2D eigenvalue weighted by molar-refractivity contribution is 8.26. The van der Waals surface area contributed by atoms with Crippen molar-refractivity contribution in [2.45, 2.75) is 25.7 Å². The van der Waals surface area contributed by atoms with Crippen LogP contribution in [0, 0.1) is 0 Å². The van der Waals surface area contributed by atoms with E-state index in [1.165, 1.54) is 23.9 Å². The largest absolute Gasteiger partial charge is 0.506 e. The summed E-state index contributed by atoms with van der Waals surface area (Å²) in [6.45, 7) is 0.515. The van der Waals surface area contributed by atoms with E-state index in [9.17, 15) is 14.7 Å². The number of ether oxygens (including phenoxy) is 1. The minimum Gasteiger partial charge on any atom is -0.506 e. The second-order valence-electron chi connectivity index (χ2n) is 7.13. The number of hydrogen-bond acceptors (Lipinski definition) is 6. The number of benzene rings is 2. The zero-order valence-electron chi connectivity index (χ0n) is 17.5. The lowest BCUT2D eigenvalue weighted by molar-refractivity contribution is -0.122. The van der Waals surface area contributed by atoms with Gasteiger partial charge in [-0.25, -0.2) is 0 Å². The highest BCUT2D eigenvalue weighted by Gasteiger charge is 2.31. The van der Waals surface area contributed by atoms with Crippen molar-refractivity contribution >= 4 is 63.5 Å². The number of rotatable bonds is 9. The monoisotopic (exact) mass is 490 g/mol. The quantitative estimate of drug-likeness (QED) is 0.210. The molecule has 1 saturated heterocycles. The second-order valence-corrected chi connectivity index (χ2v) is 9.24. The van der Waals surface area contributed by atoms with Crippen LogP contribution in [0.3, 0.4) is 0 Å². The summed E-state index contributed by atoms with van der Waals surface area (Å²) in [5.41, 5.74) is 1.20. The third-order valence-electron chi connectivity index (χ3n) is 4.81. The molecule has 168 valence electrons. The molecule has 9 heteroatoms. The number of aromatic hydroxyl groups is 1. The molecule has 2 aromatic carbocycles. The van der Waals surface area contributed by atoms with Gasteiger partial charge < -0.3 is 15.2 Å². The van der Waals surface area contributed by atoms with Crippen molar-refractivity contribution < 1.29 is 19.4 Å². The van der Waals surface area contributed by atoms with E-state index in [1.807, 2.05) is 30.3 Å². The molecule has 1 aliphatic rings. The van der Waals surface area contributed by atoms with Crippen LogP contribution in [-0.2, 0) is 9.59 Å². The van der Waals surface area contributed by atoms with E-state index in [0.29, 0.717) is 39.3 Å². The second kappa shape index (κ2) is 11.4. The number of hydrogen-bond donors (Lipinski definition) is 2. The Morgan fingerprint density at radius 2 is 1.97 bits per heavy atom. The Morgan fingerprint density at radius 3 is 2.69 bits per heavy atom. The molecule has 0 atom stereocenters. The summed E-state index contributed by atoms with van der Waals surface area (Å²) in [6.07, 6.45) is 4.29. The van der Waals surface area contributed by atoms with Crippen molar-refractivity contribution in [3.8, 4) is 11.5 Å². The number of phenolic OH excluding ortho intramolecular Hbond substituents is 1. The van der Waals surface area contributed by atoms with E-state index >= 15 is 0 Å². The standard InChI is InChI=1S/C23H23ClN2O4S2/c1-30-17-9-6-15(7-10-17)13-20-22(29)26(23(31)32-20)12-4-2-3-5-21(28)25-18-14-16(24)8-11-19(18)27/h6-11,13-14,27H,2-5,12H2,1H3,(H,25,28). The van der Waals surface area contributed by atoms with Gasteiger partial charge in [-0.15, -0.1) is 0 Å². The van der Waals surface area contributed by atoms with Crippen LogP contribution in [-0.4, -0.2) is 39.8 Å². The van der Waals surface area contributed by atoms with E-state index in [0.717, 1.165) is 24.2 Å². The molecule has 32 heavy (non-hydrogen) atoms. The van der Waals surface area contributed by atoms with Gasteiger partial charge in [0.1, 0.15) is 15.8 Å². The van der Waals surface area contributed by atoms with Gasteiger partial charge in [-0.2, -0.15) is 0 Å². The summed E-state index contributed by atoms with van der Waals surface area (Å²) in [6, 6.07) is 11.9. The molecule has 2 N–H and O–H groups in total. The van der Waals surface area contributed by atoms with Gasteiger partial charge in [0.05, 0.1) is 17.7 Å². The van der Waals surface area contributed by atoms with Gasteiger partial charge in [-0.1, -0.05) is 54.1 Å². The Hall–Kier alpha value is -2.55. The first-order valence-electron chi connectivity index (χ1n) is 10.0. The first-order chi connectivity index (χ1) is 15.4. The molecule has 1 aliphatic heterocycles. The molecule has 0 aromatic heterocycles. The molecule has 1 fully saturated rings. The molecule has 0 saturated carbocycles. The van der Waals surface area contributed by atoms with Crippen LogP contribution >= 0.6 is 35.6 Å². The predicted molar refractivity (Wildman–Crippen MR) is 133 cm³/mol. The van der Waals surface area contributed by atoms with Gasteiger partial charge in [0.25, 0.3) is 5.91 Å². The Bertz CT molecular complexity index is 1040. The summed E-state index contributed by atoms with van der Waals surface area (Å²) < 4.78 is 5.69. The lowest BCUT2D eigenvalue weighted by atomic mass is 10.1.